The van der Waals surface area contributed by atoms with Crippen LogP contribution in [0.4, 0.5) is 0 Å². The van der Waals surface area contributed by atoms with Gasteiger partial charge in [-0.05, 0) is 12.1 Å². The second kappa shape index (κ2) is 6.27. The molecule has 1 aromatic carbocycles. The molecule has 0 saturated heterocycles. The van der Waals surface area contributed by atoms with E-state index in [9.17, 15) is 8.42 Å². The van der Waals surface area contributed by atoms with Crippen LogP contribution in [0.3, 0.4) is 0 Å². The summed E-state index contributed by atoms with van der Waals surface area (Å²) in [6, 6.07) is 7.31. The average Bonchev–Trinajstić information content (AvgIpc) is 2.86. The fraction of sp³-hybridized carbons (Fsp3) is 0.333. The van der Waals surface area contributed by atoms with Crippen LogP contribution in [0, 0.1) is 0 Å². The Kier molecular flexibility index (Phi) is 4.66. The van der Waals surface area contributed by atoms with E-state index < -0.39 is 9.84 Å². The lowest BCUT2D eigenvalue weighted by molar-refractivity contribution is 0.411. The Morgan fingerprint density at radius 2 is 2.05 bits per heavy atom. The van der Waals surface area contributed by atoms with Gasteiger partial charge >= 0.3 is 0 Å². The first-order valence-electron chi connectivity index (χ1n) is 5.77. The molecule has 0 bridgehead atoms. The summed E-state index contributed by atoms with van der Waals surface area (Å²) in [5, 5.41) is 8.17. The molecule has 0 radical (unpaired) electrons. The van der Waals surface area contributed by atoms with Gasteiger partial charge in [-0.3, -0.25) is 0 Å². The summed E-state index contributed by atoms with van der Waals surface area (Å²) >= 11 is 1.22. The topological polar surface area (TPSA) is 82.3 Å². The molecule has 6 nitrogen and oxygen atoms in total. The van der Waals surface area contributed by atoms with E-state index in [0.29, 0.717) is 28.2 Å². The van der Waals surface area contributed by atoms with Gasteiger partial charge in [-0.25, -0.2) is 8.42 Å². The van der Waals surface area contributed by atoms with Crippen molar-refractivity contribution in [3.63, 3.8) is 0 Å². The zero-order valence-corrected chi connectivity index (χ0v) is 12.7. The van der Waals surface area contributed by atoms with Crippen LogP contribution in [0.15, 0.2) is 33.9 Å². The Balaban J connectivity index is 2.09. The number of sulfone groups is 1. The Morgan fingerprint density at radius 3 is 2.75 bits per heavy atom. The Morgan fingerprint density at radius 1 is 1.30 bits per heavy atom. The summed E-state index contributed by atoms with van der Waals surface area (Å²) in [6.07, 6.45) is 1.20. The molecule has 0 aliphatic rings. The van der Waals surface area contributed by atoms with Gasteiger partial charge in [0, 0.05) is 12.0 Å². The molecule has 1 heterocycles. The molecule has 0 unspecified atom stereocenters. The molecule has 108 valence electrons. The van der Waals surface area contributed by atoms with Gasteiger partial charge in [-0.2, -0.15) is 0 Å². The maximum Gasteiger partial charge on any atom is 0.276 e. The highest BCUT2D eigenvalue weighted by Gasteiger charge is 2.13. The van der Waals surface area contributed by atoms with E-state index in [2.05, 4.69) is 10.2 Å². The van der Waals surface area contributed by atoms with Crippen molar-refractivity contribution >= 4 is 21.6 Å². The van der Waals surface area contributed by atoms with Crippen LogP contribution in [0.25, 0.3) is 11.5 Å². The maximum atomic E-state index is 11.0. The molecule has 8 heteroatoms. The van der Waals surface area contributed by atoms with Crippen molar-refractivity contribution in [3.05, 3.63) is 24.3 Å². The zero-order valence-electron chi connectivity index (χ0n) is 11.1. The van der Waals surface area contributed by atoms with Crippen LogP contribution in [0.1, 0.15) is 0 Å². The summed E-state index contributed by atoms with van der Waals surface area (Å²) in [5.74, 6) is 1.45. The second-order valence-electron chi connectivity index (χ2n) is 4.05. The van der Waals surface area contributed by atoms with E-state index in [0.717, 1.165) is 0 Å². The van der Waals surface area contributed by atoms with Gasteiger partial charge < -0.3 is 9.15 Å². The number of nitrogens with zero attached hydrogens (tertiary/aromatic N) is 2. The minimum absolute atomic E-state index is 0.0735. The number of aromatic nitrogens is 2. The molecule has 2 rings (SSSR count). The first-order chi connectivity index (χ1) is 9.49. The molecule has 0 N–H and O–H groups in total. The standard InChI is InChI=1S/C12H14N2O4S2/c1-17-10-6-4-3-5-9(10)11-13-14-12(18-11)19-7-8-20(2,15)16/h3-6H,7-8H2,1-2H3. The molecule has 0 amide bonds. The van der Waals surface area contributed by atoms with Crippen molar-refractivity contribution in [2.45, 2.75) is 5.22 Å². The fourth-order valence-electron chi connectivity index (χ4n) is 1.48. The van der Waals surface area contributed by atoms with Crippen molar-refractivity contribution < 1.29 is 17.6 Å². The third-order valence-corrected chi connectivity index (χ3v) is 4.45. The van der Waals surface area contributed by atoms with Crippen LogP contribution >= 0.6 is 11.8 Å². The second-order valence-corrected chi connectivity index (χ2v) is 7.36. The molecule has 0 fully saturated rings. The molecular formula is C12H14N2O4S2. The van der Waals surface area contributed by atoms with Crippen molar-refractivity contribution in [2.24, 2.45) is 0 Å². The number of methoxy groups -OCH3 is 1. The van der Waals surface area contributed by atoms with E-state index in [1.807, 2.05) is 18.2 Å². The molecule has 0 aliphatic carbocycles. The molecular weight excluding hydrogens is 300 g/mol. The molecule has 2 aromatic rings. The number of ether oxygens (including phenoxy) is 1. The van der Waals surface area contributed by atoms with Gasteiger partial charge in [-0.1, -0.05) is 23.9 Å². The van der Waals surface area contributed by atoms with Crippen molar-refractivity contribution in [3.8, 4) is 17.2 Å². The molecule has 1 aromatic heterocycles. The summed E-state index contributed by atoms with van der Waals surface area (Å²) in [6.45, 7) is 0. The van der Waals surface area contributed by atoms with Crippen LogP contribution in [-0.4, -0.2) is 43.5 Å². The van der Waals surface area contributed by atoms with Gasteiger partial charge in [-0.15, -0.1) is 10.2 Å². The Labute approximate surface area is 121 Å². The highest BCUT2D eigenvalue weighted by atomic mass is 32.2. The predicted molar refractivity (Wildman–Crippen MR) is 76.7 cm³/mol. The lowest BCUT2D eigenvalue weighted by Crippen LogP contribution is -2.04. The smallest absolute Gasteiger partial charge is 0.276 e. The summed E-state index contributed by atoms with van der Waals surface area (Å²) in [5.41, 5.74) is 0.706. The molecule has 20 heavy (non-hydrogen) atoms. The van der Waals surface area contributed by atoms with Crippen molar-refractivity contribution in [2.75, 3.05) is 24.9 Å². The van der Waals surface area contributed by atoms with E-state index in [1.54, 1.807) is 13.2 Å². The van der Waals surface area contributed by atoms with Gasteiger partial charge in [0.1, 0.15) is 15.6 Å². The molecule has 0 atom stereocenters. The first kappa shape index (κ1) is 14.9. The maximum absolute atomic E-state index is 11.0. The van der Waals surface area contributed by atoms with E-state index in [-0.39, 0.29) is 5.75 Å². The van der Waals surface area contributed by atoms with E-state index in [1.165, 1.54) is 18.0 Å². The molecule has 0 aliphatic heterocycles. The molecule has 0 spiro atoms. The highest BCUT2D eigenvalue weighted by molar-refractivity contribution is 8.00. The number of rotatable bonds is 6. The van der Waals surface area contributed by atoms with Crippen LogP contribution < -0.4 is 4.74 Å². The number of benzene rings is 1. The predicted octanol–water partition coefficient (Wildman–Crippen LogP) is 1.88. The number of para-hydroxylation sites is 1. The fourth-order valence-corrected chi connectivity index (χ4v) is 3.43. The summed E-state index contributed by atoms with van der Waals surface area (Å²) in [4.78, 5) is 0. The van der Waals surface area contributed by atoms with Gasteiger partial charge in [0.05, 0.1) is 18.4 Å². The van der Waals surface area contributed by atoms with Crippen LogP contribution in [0.5, 0.6) is 5.75 Å². The van der Waals surface area contributed by atoms with Crippen LogP contribution in [0.2, 0.25) is 0 Å². The average molecular weight is 314 g/mol. The quantitative estimate of drug-likeness (QED) is 0.753. The van der Waals surface area contributed by atoms with Gasteiger partial charge in [0.2, 0.25) is 0 Å². The van der Waals surface area contributed by atoms with Crippen molar-refractivity contribution in [1.29, 1.82) is 0 Å². The lowest BCUT2D eigenvalue weighted by atomic mass is 10.2. The number of thioether (sulfide) groups is 1. The largest absolute Gasteiger partial charge is 0.496 e. The SMILES string of the molecule is COc1ccccc1-c1nnc(SCCS(C)(=O)=O)o1. The third kappa shape index (κ3) is 3.97. The molecule has 0 saturated carbocycles. The Hall–Kier alpha value is -1.54. The minimum atomic E-state index is -2.98. The van der Waals surface area contributed by atoms with Crippen LogP contribution in [-0.2, 0) is 9.84 Å². The van der Waals surface area contributed by atoms with E-state index in [4.69, 9.17) is 9.15 Å². The minimum Gasteiger partial charge on any atom is -0.496 e. The van der Waals surface area contributed by atoms with Gasteiger partial charge in [0.25, 0.3) is 11.1 Å². The Bertz CT molecular complexity index is 682. The lowest BCUT2D eigenvalue weighted by Gasteiger charge is -2.03. The highest BCUT2D eigenvalue weighted by Crippen LogP contribution is 2.30. The zero-order chi connectivity index (χ0) is 14.6. The summed E-state index contributed by atoms with van der Waals surface area (Å²) in [7, 11) is -1.41. The third-order valence-electron chi connectivity index (χ3n) is 2.42. The summed E-state index contributed by atoms with van der Waals surface area (Å²) < 4.78 is 32.8. The van der Waals surface area contributed by atoms with Crippen molar-refractivity contribution in [1.82, 2.24) is 10.2 Å². The monoisotopic (exact) mass is 314 g/mol. The normalized spacial score (nSPS) is 11.5. The number of hydrogen-bond donors (Lipinski definition) is 0. The van der Waals surface area contributed by atoms with Gasteiger partial charge in [0.15, 0.2) is 0 Å². The first-order valence-corrected chi connectivity index (χ1v) is 8.81. The number of hydrogen-bond acceptors (Lipinski definition) is 7. The van der Waals surface area contributed by atoms with E-state index >= 15 is 0 Å².